The maximum Gasteiger partial charge on any atom is 0.344 e. The summed E-state index contributed by atoms with van der Waals surface area (Å²) in [5, 5.41) is 0. The van der Waals surface area contributed by atoms with E-state index in [1.807, 2.05) is 0 Å². The summed E-state index contributed by atoms with van der Waals surface area (Å²) in [6, 6.07) is 0. The van der Waals surface area contributed by atoms with E-state index >= 15 is 0 Å². The van der Waals surface area contributed by atoms with Crippen LogP contribution in [0.15, 0.2) is 0 Å². The van der Waals surface area contributed by atoms with Crippen molar-refractivity contribution in [1.29, 1.82) is 0 Å². The van der Waals surface area contributed by atoms with Gasteiger partial charge in [0, 0.05) is 6.42 Å². The minimum absolute atomic E-state index is 0.260. The van der Waals surface area contributed by atoms with Gasteiger partial charge >= 0.3 is 11.9 Å². The number of carbonyl (C=O) groups is 2. The minimum Gasteiger partial charge on any atom is -0.463 e. The third-order valence-corrected chi connectivity index (χ3v) is 3.14. The molecule has 0 radical (unpaired) electrons. The highest BCUT2D eigenvalue weighted by Crippen LogP contribution is 2.10. The number of hydrogen-bond acceptors (Lipinski definition) is 4. The van der Waals surface area contributed by atoms with Crippen LogP contribution >= 0.6 is 0 Å². The van der Waals surface area contributed by atoms with Gasteiger partial charge in [-0.05, 0) is 13.3 Å². The van der Waals surface area contributed by atoms with Gasteiger partial charge in [-0.15, -0.1) is 0 Å². The monoisotopic (exact) mass is 286 g/mol. The number of unbranched alkanes of at least 4 members (excludes halogenated alkanes) is 8. The summed E-state index contributed by atoms with van der Waals surface area (Å²) in [7, 11) is 0. The van der Waals surface area contributed by atoms with Gasteiger partial charge in [0.2, 0.25) is 0 Å². The molecule has 0 aliphatic heterocycles. The molecule has 0 heterocycles. The first-order valence-electron chi connectivity index (χ1n) is 8.02. The topological polar surface area (TPSA) is 52.6 Å². The Kier molecular flexibility index (Phi) is 13.6. The van der Waals surface area contributed by atoms with Crippen molar-refractivity contribution in [2.24, 2.45) is 0 Å². The Morgan fingerprint density at radius 1 is 0.700 bits per heavy atom. The molecule has 0 aliphatic carbocycles. The van der Waals surface area contributed by atoms with E-state index in [4.69, 9.17) is 4.74 Å². The molecule has 0 aromatic heterocycles. The highest BCUT2D eigenvalue weighted by atomic mass is 16.6. The zero-order chi connectivity index (χ0) is 15.1. The van der Waals surface area contributed by atoms with Crippen LogP contribution in [0.5, 0.6) is 0 Å². The van der Waals surface area contributed by atoms with Gasteiger partial charge in [0.05, 0.1) is 6.61 Å². The highest BCUT2D eigenvalue weighted by molar-refractivity contribution is 5.76. The molecular weight excluding hydrogens is 256 g/mol. The average molecular weight is 286 g/mol. The molecular formula is C16H30O4. The predicted molar refractivity (Wildman–Crippen MR) is 79.4 cm³/mol. The Morgan fingerprint density at radius 3 is 1.80 bits per heavy atom. The molecule has 0 N–H and O–H groups in total. The highest BCUT2D eigenvalue weighted by Gasteiger charge is 2.07. The van der Waals surface area contributed by atoms with Crippen molar-refractivity contribution >= 4 is 11.9 Å². The summed E-state index contributed by atoms with van der Waals surface area (Å²) in [6.07, 6.45) is 11.3. The maximum atomic E-state index is 11.3. The molecule has 4 nitrogen and oxygen atoms in total. The van der Waals surface area contributed by atoms with E-state index in [1.54, 1.807) is 6.92 Å². The van der Waals surface area contributed by atoms with Gasteiger partial charge in [0.15, 0.2) is 6.61 Å². The zero-order valence-electron chi connectivity index (χ0n) is 13.1. The lowest BCUT2D eigenvalue weighted by atomic mass is 10.1. The van der Waals surface area contributed by atoms with Gasteiger partial charge in [-0.1, -0.05) is 58.3 Å². The van der Waals surface area contributed by atoms with Crippen LogP contribution in [-0.2, 0) is 19.1 Å². The van der Waals surface area contributed by atoms with Crippen LogP contribution in [0.2, 0.25) is 0 Å². The fourth-order valence-corrected chi connectivity index (χ4v) is 1.99. The first kappa shape index (κ1) is 18.9. The molecule has 0 fully saturated rings. The van der Waals surface area contributed by atoms with E-state index in [-0.39, 0.29) is 12.6 Å². The molecule has 0 aromatic carbocycles. The van der Waals surface area contributed by atoms with E-state index in [1.165, 1.54) is 44.9 Å². The lowest BCUT2D eigenvalue weighted by molar-refractivity contribution is -0.158. The molecule has 20 heavy (non-hydrogen) atoms. The van der Waals surface area contributed by atoms with E-state index in [0.29, 0.717) is 13.0 Å². The van der Waals surface area contributed by atoms with Gasteiger partial charge in [0.25, 0.3) is 0 Å². The fraction of sp³-hybridized carbons (Fsp3) is 0.875. The van der Waals surface area contributed by atoms with E-state index < -0.39 is 5.97 Å². The Bertz CT molecular complexity index is 251. The summed E-state index contributed by atoms with van der Waals surface area (Å²) in [4.78, 5) is 22.3. The van der Waals surface area contributed by atoms with Crippen molar-refractivity contribution in [3.8, 4) is 0 Å². The Hall–Kier alpha value is -1.06. The third kappa shape index (κ3) is 13.4. The summed E-state index contributed by atoms with van der Waals surface area (Å²) >= 11 is 0. The number of hydrogen-bond donors (Lipinski definition) is 0. The van der Waals surface area contributed by atoms with Crippen LogP contribution in [0.1, 0.15) is 78.1 Å². The largest absolute Gasteiger partial charge is 0.463 e. The van der Waals surface area contributed by atoms with Crippen LogP contribution in [0.3, 0.4) is 0 Å². The number of carbonyl (C=O) groups excluding carboxylic acids is 2. The number of esters is 2. The third-order valence-electron chi connectivity index (χ3n) is 3.14. The SMILES string of the molecule is CCCCCCCCCCCC(=O)OCC(=O)OCC. The quantitative estimate of drug-likeness (QED) is 0.379. The second-order valence-electron chi connectivity index (χ2n) is 5.04. The van der Waals surface area contributed by atoms with Gasteiger partial charge < -0.3 is 9.47 Å². The second kappa shape index (κ2) is 14.4. The number of ether oxygens (including phenoxy) is 2. The molecule has 4 heteroatoms. The molecule has 0 atom stereocenters. The van der Waals surface area contributed by atoms with E-state index in [9.17, 15) is 9.59 Å². The van der Waals surface area contributed by atoms with Crippen molar-refractivity contribution in [1.82, 2.24) is 0 Å². The fourth-order valence-electron chi connectivity index (χ4n) is 1.99. The molecule has 0 aliphatic rings. The van der Waals surface area contributed by atoms with Crippen LogP contribution < -0.4 is 0 Å². The summed E-state index contributed by atoms with van der Waals surface area (Å²) < 4.78 is 9.49. The molecule has 0 aromatic rings. The van der Waals surface area contributed by atoms with Crippen molar-refractivity contribution < 1.29 is 19.1 Å². The lowest BCUT2D eigenvalue weighted by Crippen LogP contribution is -2.16. The molecule has 0 rings (SSSR count). The second-order valence-corrected chi connectivity index (χ2v) is 5.04. The lowest BCUT2D eigenvalue weighted by Gasteiger charge is -2.04. The Morgan fingerprint density at radius 2 is 1.25 bits per heavy atom. The molecule has 0 saturated heterocycles. The zero-order valence-corrected chi connectivity index (χ0v) is 13.1. The van der Waals surface area contributed by atoms with Gasteiger partial charge in [-0.2, -0.15) is 0 Å². The summed E-state index contributed by atoms with van der Waals surface area (Å²) in [6.45, 7) is 4.00. The summed E-state index contributed by atoms with van der Waals surface area (Å²) in [5.74, 6) is -0.783. The molecule has 0 bridgehead atoms. The Balaban J connectivity index is 3.25. The molecule has 118 valence electrons. The van der Waals surface area contributed by atoms with Crippen LogP contribution in [-0.4, -0.2) is 25.2 Å². The summed E-state index contributed by atoms with van der Waals surface area (Å²) in [5.41, 5.74) is 0. The predicted octanol–water partition coefficient (Wildman–Crippen LogP) is 4.01. The standard InChI is InChI=1S/C16H30O4/c1-3-5-6-7-8-9-10-11-12-13-15(17)20-14-16(18)19-4-2/h3-14H2,1-2H3. The minimum atomic E-state index is -0.479. The van der Waals surface area contributed by atoms with Crippen molar-refractivity contribution in [3.05, 3.63) is 0 Å². The van der Waals surface area contributed by atoms with Crippen molar-refractivity contribution in [3.63, 3.8) is 0 Å². The van der Waals surface area contributed by atoms with Gasteiger partial charge in [-0.3, -0.25) is 4.79 Å². The van der Waals surface area contributed by atoms with Gasteiger partial charge in [0.1, 0.15) is 0 Å². The normalized spacial score (nSPS) is 10.3. The molecule has 0 unspecified atom stereocenters. The smallest absolute Gasteiger partial charge is 0.344 e. The van der Waals surface area contributed by atoms with E-state index in [0.717, 1.165) is 12.8 Å². The average Bonchev–Trinajstić information content (AvgIpc) is 2.43. The van der Waals surface area contributed by atoms with E-state index in [2.05, 4.69) is 11.7 Å². The van der Waals surface area contributed by atoms with Crippen LogP contribution in [0, 0.1) is 0 Å². The maximum absolute atomic E-state index is 11.3. The van der Waals surface area contributed by atoms with Gasteiger partial charge in [-0.25, -0.2) is 4.79 Å². The molecule has 0 spiro atoms. The van der Waals surface area contributed by atoms with Crippen molar-refractivity contribution in [2.45, 2.75) is 78.1 Å². The number of rotatable bonds is 13. The Labute approximate surface area is 123 Å². The van der Waals surface area contributed by atoms with Crippen LogP contribution in [0.25, 0.3) is 0 Å². The first-order valence-corrected chi connectivity index (χ1v) is 8.02. The molecule has 0 amide bonds. The molecule has 0 saturated carbocycles. The van der Waals surface area contributed by atoms with Crippen molar-refractivity contribution in [2.75, 3.05) is 13.2 Å². The van der Waals surface area contributed by atoms with Crippen LogP contribution in [0.4, 0.5) is 0 Å². The first-order chi connectivity index (χ1) is 9.70.